The van der Waals surface area contributed by atoms with Gasteiger partial charge in [-0.2, -0.15) is 5.10 Å². The van der Waals surface area contributed by atoms with E-state index in [2.05, 4.69) is 53.2 Å². The van der Waals surface area contributed by atoms with Gasteiger partial charge in [-0.05, 0) is 45.0 Å². The number of benzene rings is 1. The first-order valence-electron chi connectivity index (χ1n) is 9.81. The van der Waals surface area contributed by atoms with Crippen LogP contribution in [0.1, 0.15) is 30.9 Å². The summed E-state index contributed by atoms with van der Waals surface area (Å²) in [7, 11) is 2.16. The van der Waals surface area contributed by atoms with Crippen molar-refractivity contribution in [3.63, 3.8) is 0 Å². The summed E-state index contributed by atoms with van der Waals surface area (Å²) >= 11 is 0. The molecule has 1 amide bonds. The lowest BCUT2D eigenvalue weighted by atomic mass is 10.1. The van der Waals surface area contributed by atoms with E-state index in [-0.39, 0.29) is 5.91 Å². The quantitative estimate of drug-likeness (QED) is 0.813. The van der Waals surface area contributed by atoms with E-state index in [4.69, 9.17) is 0 Å². The highest BCUT2D eigenvalue weighted by molar-refractivity contribution is 5.75. The number of aryl methyl sites for hydroxylation is 1. The third-order valence-electron chi connectivity index (χ3n) is 5.34. The van der Waals surface area contributed by atoms with Gasteiger partial charge in [0.25, 0.3) is 0 Å². The summed E-state index contributed by atoms with van der Waals surface area (Å²) in [6.07, 6.45) is 5.26. The molecule has 2 heterocycles. The fourth-order valence-electron chi connectivity index (χ4n) is 3.44. The third kappa shape index (κ3) is 5.65. The second kappa shape index (κ2) is 9.15. The van der Waals surface area contributed by atoms with Crippen LogP contribution in [0.15, 0.2) is 36.7 Å². The molecule has 1 fully saturated rings. The Morgan fingerprint density at radius 1 is 1.26 bits per heavy atom. The second-order valence-corrected chi connectivity index (χ2v) is 7.64. The molecule has 0 aliphatic carbocycles. The highest BCUT2D eigenvalue weighted by Gasteiger charge is 2.19. The van der Waals surface area contributed by atoms with Gasteiger partial charge in [-0.25, -0.2) is 4.68 Å². The fraction of sp³-hybridized carbons (Fsp3) is 0.524. The van der Waals surface area contributed by atoms with E-state index < -0.39 is 0 Å². The molecule has 0 saturated carbocycles. The zero-order valence-corrected chi connectivity index (χ0v) is 16.7. The predicted octanol–water partition coefficient (Wildman–Crippen LogP) is 2.21. The first-order valence-corrected chi connectivity index (χ1v) is 9.81. The minimum absolute atomic E-state index is 0.110. The summed E-state index contributed by atoms with van der Waals surface area (Å²) in [5, 5.41) is 7.42. The van der Waals surface area contributed by atoms with Crippen LogP contribution in [-0.2, 0) is 11.3 Å². The Kier molecular flexibility index (Phi) is 6.63. The van der Waals surface area contributed by atoms with Crippen molar-refractivity contribution in [2.45, 2.75) is 39.3 Å². The lowest BCUT2D eigenvalue weighted by Gasteiger charge is -2.36. The molecule has 0 spiro atoms. The highest BCUT2D eigenvalue weighted by Crippen LogP contribution is 2.12. The van der Waals surface area contributed by atoms with Gasteiger partial charge in [0.2, 0.25) is 5.91 Å². The van der Waals surface area contributed by atoms with Crippen molar-refractivity contribution in [2.24, 2.45) is 0 Å². The molecule has 1 N–H and O–H groups in total. The molecule has 146 valence electrons. The summed E-state index contributed by atoms with van der Waals surface area (Å²) in [5.41, 5.74) is 3.25. The minimum Gasteiger partial charge on any atom is -0.352 e. The Bertz CT molecular complexity index is 749. The number of carbonyl (C=O) groups excluding carboxylic acids is 1. The van der Waals surface area contributed by atoms with Crippen LogP contribution in [-0.4, -0.2) is 64.8 Å². The lowest BCUT2D eigenvalue weighted by Crippen LogP contribution is -2.48. The second-order valence-electron chi connectivity index (χ2n) is 7.64. The highest BCUT2D eigenvalue weighted by atomic mass is 16.1. The van der Waals surface area contributed by atoms with Crippen LogP contribution in [0.25, 0.3) is 5.69 Å². The zero-order chi connectivity index (χ0) is 19.2. The smallest absolute Gasteiger partial charge is 0.220 e. The number of carbonyl (C=O) groups is 1. The SMILES string of the molecule is Cc1cccc(-n2cc(CNC(=O)CC[C@@H](C)N3CCN(C)CC3)cn2)c1. The molecule has 6 nitrogen and oxygen atoms in total. The number of nitrogens with one attached hydrogen (secondary N) is 1. The van der Waals surface area contributed by atoms with Crippen LogP contribution in [0.5, 0.6) is 0 Å². The number of hydrogen-bond acceptors (Lipinski definition) is 4. The number of likely N-dealkylation sites (N-methyl/N-ethyl adjacent to an activating group) is 1. The molecule has 0 unspecified atom stereocenters. The van der Waals surface area contributed by atoms with Crippen molar-refractivity contribution in [3.8, 4) is 5.69 Å². The molecule has 1 saturated heterocycles. The normalized spacial score (nSPS) is 17.0. The van der Waals surface area contributed by atoms with Gasteiger partial charge >= 0.3 is 0 Å². The summed E-state index contributed by atoms with van der Waals surface area (Å²) in [4.78, 5) is 17.1. The summed E-state index contributed by atoms with van der Waals surface area (Å²) in [5.74, 6) is 0.110. The van der Waals surface area contributed by atoms with Crippen LogP contribution >= 0.6 is 0 Å². The van der Waals surface area contributed by atoms with Gasteiger partial charge in [-0.3, -0.25) is 9.69 Å². The topological polar surface area (TPSA) is 53.4 Å². The Labute approximate surface area is 162 Å². The maximum atomic E-state index is 12.2. The maximum Gasteiger partial charge on any atom is 0.220 e. The summed E-state index contributed by atoms with van der Waals surface area (Å²) < 4.78 is 1.85. The number of nitrogens with zero attached hydrogens (tertiary/aromatic N) is 4. The number of piperazine rings is 1. The van der Waals surface area contributed by atoms with Gasteiger partial charge in [0.05, 0.1) is 11.9 Å². The van der Waals surface area contributed by atoms with Crippen LogP contribution in [0, 0.1) is 6.92 Å². The molecule has 1 aromatic heterocycles. The minimum atomic E-state index is 0.110. The predicted molar refractivity (Wildman–Crippen MR) is 108 cm³/mol. The van der Waals surface area contributed by atoms with E-state index in [9.17, 15) is 4.79 Å². The number of rotatable bonds is 7. The van der Waals surface area contributed by atoms with Gasteiger partial charge < -0.3 is 10.2 Å². The molecule has 1 atom stereocenters. The van der Waals surface area contributed by atoms with E-state index in [0.717, 1.165) is 43.9 Å². The van der Waals surface area contributed by atoms with Crippen molar-refractivity contribution in [3.05, 3.63) is 47.8 Å². The Morgan fingerprint density at radius 3 is 2.78 bits per heavy atom. The van der Waals surface area contributed by atoms with Gasteiger partial charge in [0.1, 0.15) is 0 Å². The average molecular weight is 370 g/mol. The average Bonchev–Trinajstić information content (AvgIpc) is 3.14. The van der Waals surface area contributed by atoms with Crippen molar-refractivity contribution in [2.75, 3.05) is 33.2 Å². The van der Waals surface area contributed by atoms with Gasteiger partial charge in [-0.1, -0.05) is 12.1 Å². The van der Waals surface area contributed by atoms with Crippen LogP contribution in [0.4, 0.5) is 0 Å². The van der Waals surface area contributed by atoms with Gasteiger partial charge in [0.15, 0.2) is 0 Å². The molecule has 0 bridgehead atoms. The van der Waals surface area contributed by atoms with Gasteiger partial charge in [-0.15, -0.1) is 0 Å². The molecule has 6 heteroatoms. The Morgan fingerprint density at radius 2 is 2.04 bits per heavy atom. The molecule has 27 heavy (non-hydrogen) atoms. The van der Waals surface area contributed by atoms with Crippen molar-refractivity contribution in [1.29, 1.82) is 0 Å². The molecule has 1 aromatic carbocycles. The zero-order valence-electron chi connectivity index (χ0n) is 16.7. The first-order chi connectivity index (χ1) is 13.0. The Hall–Kier alpha value is -2.18. The van der Waals surface area contributed by atoms with E-state index in [1.54, 1.807) is 0 Å². The van der Waals surface area contributed by atoms with Gasteiger partial charge in [0, 0.05) is 56.9 Å². The standard InChI is InChI=1S/C21H31N5O/c1-17-5-4-6-20(13-17)26-16-19(15-23-26)14-22-21(27)8-7-18(2)25-11-9-24(3)10-12-25/h4-6,13,15-16,18H,7-12,14H2,1-3H3,(H,22,27)/t18-/m1/s1. The third-order valence-corrected chi connectivity index (χ3v) is 5.34. The van der Waals surface area contributed by atoms with Crippen LogP contribution in [0.2, 0.25) is 0 Å². The fourth-order valence-corrected chi connectivity index (χ4v) is 3.44. The molecule has 1 aliphatic rings. The summed E-state index contributed by atoms with van der Waals surface area (Å²) in [6.45, 7) is 9.23. The van der Waals surface area contributed by atoms with E-state index >= 15 is 0 Å². The molecule has 3 rings (SSSR count). The van der Waals surface area contributed by atoms with Crippen molar-refractivity contribution in [1.82, 2.24) is 24.9 Å². The Balaban J connectivity index is 1.42. The monoisotopic (exact) mass is 369 g/mol. The number of amides is 1. The maximum absolute atomic E-state index is 12.2. The molecule has 0 radical (unpaired) electrons. The van der Waals surface area contributed by atoms with Crippen LogP contribution in [0.3, 0.4) is 0 Å². The van der Waals surface area contributed by atoms with Crippen molar-refractivity contribution >= 4 is 5.91 Å². The van der Waals surface area contributed by atoms with E-state index in [1.807, 2.05) is 29.2 Å². The molecular formula is C21H31N5O. The molecular weight excluding hydrogens is 338 g/mol. The number of hydrogen-bond donors (Lipinski definition) is 1. The summed E-state index contributed by atoms with van der Waals surface area (Å²) in [6, 6.07) is 8.66. The number of aromatic nitrogens is 2. The molecule has 2 aromatic rings. The molecule has 1 aliphatic heterocycles. The van der Waals surface area contributed by atoms with Crippen LogP contribution < -0.4 is 5.32 Å². The largest absolute Gasteiger partial charge is 0.352 e. The van der Waals surface area contributed by atoms with E-state index in [1.165, 1.54) is 5.56 Å². The van der Waals surface area contributed by atoms with Crippen molar-refractivity contribution < 1.29 is 4.79 Å². The first kappa shape index (κ1) is 19.6. The van der Waals surface area contributed by atoms with E-state index in [0.29, 0.717) is 19.0 Å². The lowest BCUT2D eigenvalue weighted by molar-refractivity contribution is -0.121.